The van der Waals surface area contributed by atoms with Crippen molar-refractivity contribution < 1.29 is 18.4 Å². The summed E-state index contributed by atoms with van der Waals surface area (Å²) in [5, 5.41) is 9.41. The number of anilines is 2. The van der Waals surface area contributed by atoms with E-state index < -0.39 is 17.6 Å². The highest BCUT2D eigenvalue weighted by atomic mass is 19.1. The number of hydrogen-bond donors (Lipinski definition) is 2. The molecule has 0 aliphatic heterocycles. The lowest BCUT2D eigenvalue weighted by Crippen LogP contribution is -2.15. The summed E-state index contributed by atoms with van der Waals surface area (Å²) in [6.45, 7) is 4.68. The summed E-state index contributed by atoms with van der Waals surface area (Å²) in [6.07, 6.45) is 0. The minimum absolute atomic E-state index is 0.0271. The average Bonchev–Trinajstić information content (AvgIpc) is 2.92. The topological polar surface area (TPSA) is 76.0 Å². The van der Waals surface area contributed by atoms with Gasteiger partial charge in [0.25, 0.3) is 5.91 Å². The van der Waals surface area contributed by atoms with Crippen LogP contribution in [0.25, 0.3) is 5.69 Å². The van der Waals surface area contributed by atoms with Crippen molar-refractivity contribution in [3.8, 4) is 5.69 Å². The number of aryl methyl sites for hydroxylation is 1. The van der Waals surface area contributed by atoms with Gasteiger partial charge in [-0.1, -0.05) is 0 Å². The monoisotopic (exact) mass is 384 g/mol. The Morgan fingerprint density at radius 2 is 1.68 bits per heavy atom. The van der Waals surface area contributed by atoms with Gasteiger partial charge in [0.2, 0.25) is 5.91 Å². The second kappa shape index (κ2) is 7.59. The molecule has 28 heavy (non-hydrogen) atoms. The zero-order chi connectivity index (χ0) is 20.4. The molecule has 0 bridgehead atoms. The molecule has 1 aromatic heterocycles. The standard InChI is InChI=1S/C20H18F2N4O2/c1-11-19(12(2)26(25-11)16-7-4-14(21)5-8-16)20(28)24-15-6-9-17(22)18(10-15)23-13(3)27/h4-10H,1-3H3,(H,23,27)(H,24,28). The maximum Gasteiger partial charge on any atom is 0.259 e. The van der Waals surface area contributed by atoms with Crippen LogP contribution in [0.15, 0.2) is 42.5 Å². The normalized spacial score (nSPS) is 10.6. The van der Waals surface area contributed by atoms with Crippen molar-refractivity contribution >= 4 is 23.2 Å². The molecule has 3 rings (SSSR count). The Hall–Kier alpha value is -3.55. The summed E-state index contributed by atoms with van der Waals surface area (Å²) in [6, 6.07) is 9.65. The molecule has 0 unspecified atom stereocenters. The molecule has 3 aromatic rings. The van der Waals surface area contributed by atoms with Gasteiger partial charge in [-0.05, 0) is 56.3 Å². The Kier molecular flexibility index (Phi) is 5.21. The van der Waals surface area contributed by atoms with Crippen molar-refractivity contribution in [2.75, 3.05) is 10.6 Å². The van der Waals surface area contributed by atoms with Crippen LogP contribution < -0.4 is 10.6 Å². The van der Waals surface area contributed by atoms with Crippen LogP contribution in [0, 0.1) is 25.5 Å². The van der Waals surface area contributed by atoms with Crippen LogP contribution in [0.1, 0.15) is 28.7 Å². The number of carbonyl (C=O) groups excluding carboxylic acids is 2. The molecule has 0 aliphatic rings. The van der Waals surface area contributed by atoms with Gasteiger partial charge >= 0.3 is 0 Å². The Morgan fingerprint density at radius 1 is 1.00 bits per heavy atom. The summed E-state index contributed by atoms with van der Waals surface area (Å²) in [5.41, 5.74) is 2.34. The lowest BCUT2D eigenvalue weighted by Gasteiger charge is -2.09. The predicted octanol–water partition coefficient (Wildman–Crippen LogP) is 3.98. The average molecular weight is 384 g/mol. The lowest BCUT2D eigenvalue weighted by atomic mass is 10.1. The van der Waals surface area contributed by atoms with Crippen LogP contribution in [0.5, 0.6) is 0 Å². The van der Waals surface area contributed by atoms with Crippen molar-refractivity contribution in [1.29, 1.82) is 0 Å². The summed E-state index contributed by atoms with van der Waals surface area (Å²) in [4.78, 5) is 23.9. The Balaban J connectivity index is 1.89. The maximum atomic E-state index is 13.8. The number of hydrogen-bond acceptors (Lipinski definition) is 3. The fourth-order valence-corrected chi connectivity index (χ4v) is 2.89. The van der Waals surface area contributed by atoms with Gasteiger partial charge in [0.05, 0.1) is 28.3 Å². The van der Waals surface area contributed by atoms with E-state index in [1.165, 1.54) is 31.2 Å². The number of nitrogens with zero attached hydrogens (tertiary/aromatic N) is 2. The first-order valence-corrected chi connectivity index (χ1v) is 8.47. The summed E-state index contributed by atoms with van der Waals surface area (Å²) in [5.74, 6) is -1.82. The van der Waals surface area contributed by atoms with Crippen molar-refractivity contribution in [3.63, 3.8) is 0 Å². The van der Waals surface area contributed by atoms with Crippen LogP contribution in [-0.4, -0.2) is 21.6 Å². The van der Waals surface area contributed by atoms with Gasteiger partial charge in [-0.25, -0.2) is 13.5 Å². The molecular weight excluding hydrogens is 366 g/mol. The Morgan fingerprint density at radius 3 is 2.32 bits per heavy atom. The predicted molar refractivity (Wildman–Crippen MR) is 102 cm³/mol. The number of amides is 2. The second-order valence-electron chi connectivity index (χ2n) is 6.26. The molecule has 1 heterocycles. The van der Waals surface area contributed by atoms with Gasteiger partial charge in [-0.15, -0.1) is 0 Å². The first-order valence-electron chi connectivity index (χ1n) is 8.47. The zero-order valence-corrected chi connectivity index (χ0v) is 15.5. The molecule has 0 saturated heterocycles. The van der Waals surface area contributed by atoms with Gasteiger partial charge in [0.15, 0.2) is 0 Å². The smallest absolute Gasteiger partial charge is 0.259 e. The van der Waals surface area contributed by atoms with Gasteiger partial charge in [0, 0.05) is 12.6 Å². The van der Waals surface area contributed by atoms with E-state index in [2.05, 4.69) is 15.7 Å². The molecule has 6 nitrogen and oxygen atoms in total. The largest absolute Gasteiger partial charge is 0.324 e. The Bertz CT molecular complexity index is 1060. The van der Waals surface area contributed by atoms with Crippen LogP contribution in [0.2, 0.25) is 0 Å². The number of halogens is 2. The van der Waals surface area contributed by atoms with Crippen molar-refractivity contribution in [1.82, 2.24) is 9.78 Å². The van der Waals surface area contributed by atoms with Crippen molar-refractivity contribution in [3.05, 3.63) is 71.1 Å². The molecule has 144 valence electrons. The summed E-state index contributed by atoms with van der Waals surface area (Å²) >= 11 is 0. The Labute approximate surface area is 160 Å². The van der Waals surface area contributed by atoms with E-state index in [0.717, 1.165) is 6.07 Å². The number of aromatic nitrogens is 2. The molecule has 0 atom stereocenters. The molecule has 0 fully saturated rings. The molecular formula is C20H18F2N4O2. The van der Waals surface area contributed by atoms with Gasteiger partial charge in [-0.2, -0.15) is 5.10 Å². The van der Waals surface area contributed by atoms with Crippen molar-refractivity contribution in [2.24, 2.45) is 0 Å². The number of rotatable bonds is 4. The van der Waals surface area contributed by atoms with E-state index in [0.29, 0.717) is 28.3 Å². The third kappa shape index (κ3) is 3.90. The highest BCUT2D eigenvalue weighted by molar-refractivity contribution is 6.06. The minimum Gasteiger partial charge on any atom is -0.324 e. The third-order valence-corrected chi connectivity index (χ3v) is 4.12. The summed E-state index contributed by atoms with van der Waals surface area (Å²) < 4.78 is 28.5. The van der Waals surface area contributed by atoms with E-state index in [-0.39, 0.29) is 11.5 Å². The SMILES string of the molecule is CC(=O)Nc1cc(NC(=O)c2c(C)nn(-c3ccc(F)cc3)c2C)ccc1F. The van der Waals surface area contributed by atoms with E-state index in [1.54, 1.807) is 30.7 Å². The van der Waals surface area contributed by atoms with E-state index >= 15 is 0 Å². The van der Waals surface area contributed by atoms with E-state index in [4.69, 9.17) is 0 Å². The molecule has 2 amide bonds. The quantitative estimate of drug-likeness (QED) is 0.714. The molecule has 0 aliphatic carbocycles. The van der Waals surface area contributed by atoms with Crippen LogP contribution in [-0.2, 0) is 4.79 Å². The zero-order valence-electron chi connectivity index (χ0n) is 15.5. The van der Waals surface area contributed by atoms with Crippen LogP contribution >= 0.6 is 0 Å². The molecule has 0 saturated carbocycles. The highest BCUT2D eigenvalue weighted by Crippen LogP contribution is 2.23. The molecule has 0 spiro atoms. The first kappa shape index (κ1) is 19.2. The lowest BCUT2D eigenvalue weighted by molar-refractivity contribution is -0.114. The fourth-order valence-electron chi connectivity index (χ4n) is 2.89. The second-order valence-corrected chi connectivity index (χ2v) is 6.26. The molecule has 8 heteroatoms. The van der Waals surface area contributed by atoms with Gasteiger partial charge in [-0.3, -0.25) is 9.59 Å². The van der Waals surface area contributed by atoms with Crippen LogP contribution in [0.3, 0.4) is 0 Å². The number of carbonyl (C=O) groups is 2. The number of nitrogens with one attached hydrogen (secondary N) is 2. The first-order chi connectivity index (χ1) is 13.3. The maximum absolute atomic E-state index is 13.8. The summed E-state index contributed by atoms with van der Waals surface area (Å²) in [7, 11) is 0. The van der Waals surface area contributed by atoms with Gasteiger partial charge < -0.3 is 10.6 Å². The van der Waals surface area contributed by atoms with Gasteiger partial charge in [0.1, 0.15) is 11.6 Å². The van der Waals surface area contributed by atoms with Crippen molar-refractivity contribution in [2.45, 2.75) is 20.8 Å². The molecule has 0 radical (unpaired) electrons. The minimum atomic E-state index is -0.607. The van der Waals surface area contributed by atoms with Crippen LogP contribution in [0.4, 0.5) is 20.2 Å². The fraction of sp³-hybridized carbons (Fsp3) is 0.150. The molecule has 2 aromatic carbocycles. The van der Waals surface area contributed by atoms with E-state index in [1.807, 2.05) is 0 Å². The van der Waals surface area contributed by atoms with E-state index in [9.17, 15) is 18.4 Å². The molecule has 2 N–H and O–H groups in total. The third-order valence-electron chi connectivity index (χ3n) is 4.12. The highest BCUT2D eigenvalue weighted by Gasteiger charge is 2.20. The number of benzene rings is 2.